The summed E-state index contributed by atoms with van der Waals surface area (Å²) in [6, 6.07) is 4.66. The number of nitrogens with one attached hydrogen (secondary N) is 1. The lowest BCUT2D eigenvalue weighted by Gasteiger charge is -2.15. The molecule has 4 heterocycles. The van der Waals surface area contributed by atoms with Gasteiger partial charge in [-0.25, -0.2) is 9.37 Å². The fourth-order valence-corrected chi connectivity index (χ4v) is 3.00. The summed E-state index contributed by atoms with van der Waals surface area (Å²) in [6.07, 6.45) is 5.60. The van der Waals surface area contributed by atoms with Crippen LogP contribution in [0.5, 0.6) is 0 Å². The molecule has 0 aliphatic carbocycles. The zero-order valence-corrected chi connectivity index (χ0v) is 13.7. The van der Waals surface area contributed by atoms with Crippen molar-refractivity contribution in [2.45, 2.75) is 19.8 Å². The van der Waals surface area contributed by atoms with Crippen LogP contribution in [0.15, 0.2) is 30.6 Å². The Kier molecular flexibility index (Phi) is 3.79. The van der Waals surface area contributed by atoms with Gasteiger partial charge in [0.2, 0.25) is 0 Å². The van der Waals surface area contributed by atoms with E-state index in [9.17, 15) is 9.18 Å². The number of fused-ring (bicyclic) bond motifs is 1. The molecule has 128 valence electrons. The minimum atomic E-state index is -0.499. The fraction of sp³-hybridized carbons (Fsp3) is 0.294. The van der Waals surface area contributed by atoms with Crippen LogP contribution in [0, 0.1) is 12.7 Å². The zero-order chi connectivity index (χ0) is 17.4. The Morgan fingerprint density at radius 2 is 2.00 bits per heavy atom. The molecular formula is C17H17FN6O. The Balaban J connectivity index is 1.53. The van der Waals surface area contributed by atoms with Crippen LogP contribution in [0.1, 0.15) is 29.0 Å². The highest BCUT2D eigenvalue weighted by atomic mass is 19.1. The van der Waals surface area contributed by atoms with Gasteiger partial charge in [0.05, 0.1) is 11.4 Å². The lowest BCUT2D eigenvalue weighted by Crippen LogP contribution is -2.21. The maximum absolute atomic E-state index is 14.1. The van der Waals surface area contributed by atoms with Gasteiger partial charge >= 0.3 is 0 Å². The lowest BCUT2D eigenvalue weighted by molar-refractivity contribution is 0.102. The van der Waals surface area contributed by atoms with E-state index in [2.05, 4.69) is 25.4 Å². The van der Waals surface area contributed by atoms with Gasteiger partial charge in [-0.15, -0.1) is 10.2 Å². The second kappa shape index (κ2) is 6.12. The summed E-state index contributed by atoms with van der Waals surface area (Å²) in [5.74, 6) is -0.159. The molecular weight excluding hydrogens is 323 g/mol. The molecule has 25 heavy (non-hydrogen) atoms. The molecule has 0 spiro atoms. The summed E-state index contributed by atoms with van der Waals surface area (Å²) < 4.78 is 15.6. The molecule has 0 radical (unpaired) electrons. The van der Waals surface area contributed by atoms with Crippen molar-refractivity contribution >= 4 is 23.1 Å². The Labute approximate surface area is 143 Å². The van der Waals surface area contributed by atoms with E-state index in [4.69, 9.17) is 0 Å². The van der Waals surface area contributed by atoms with Gasteiger partial charge in [0.15, 0.2) is 23.0 Å². The van der Waals surface area contributed by atoms with Crippen LogP contribution in [0.3, 0.4) is 0 Å². The van der Waals surface area contributed by atoms with Crippen molar-refractivity contribution in [1.82, 2.24) is 19.6 Å². The SMILES string of the molecule is Cc1cn2cc(NC(=O)c3ccc(N4CCCC4)nn3)cc(F)c2n1. The Hall–Kier alpha value is -3.03. The van der Waals surface area contributed by atoms with Crippen molar-refractivity contribution < 1.29 is 9.18 Å². The average Bonchev–Trinajstić information content (AvgIpc) is 3.24. The number of hydrogen-bond acceptors (Lipinski definition) is 5. The molecule has 4 rings (SSSR count). The largest absolute Gasteiger partial charge is 0.355 e. The predicted molar refractivity (Wildman–Crippen MR) is 91.3 cm³/mol. The third kappa shape index (κ3) is 3.02. The van der Waals surface area contributed by atoms with Gasteiger partial charge in [-0.3, -0.25) is 4.79 Å². The van der Waals surface area contributed by atoms with Gasteiger partial charge in [-0.05, 0) is 31.9 Å². The van der Waals surface area contributed by atoms with Crippen LogP contribution in [0.25, 0.3) is 5.65 Å². The van der Waals surface area contributed by atoms with Crippen LogP contribution in [0.4, 0.5) is 15.9 Å². The smallest absolute Gasteiger partial charge is 0.276 e. The lowest BCUT2D eigenvalue weighted by atomic mass is 10.3. The molecule has 1 amide bonds. The Bertz CT molecular complexity index is 930. The highest BCUT2D eigenvalue weighted by molar-refractivity contribution is 6.02. The number of amides is 1. The molecule has 0 aromatic carbocycles. The van der Waals surface area contributed by atoms with Crippen molar-refractivity contribution in [3.05, 3.63) is 47.8 Å². The Morgan fingerprint density at radius 3 is 2.72 bits per heavy atom. The highest BCUT2D eigenvalue weighted by Gasteiger charge is 2.16. The molecule has 0 saturated carbocycles. The van der Waals surface area contributed by atoms with E-state index in [0.717, 1.165) is 31.7 Å². The molecule has 1 N–H and O–H groups in total. The van der Waals surface area contributed by atoms with Crippen LogP contribution in [-0.4, -0.2) is 38.6 Å². The normalized spacial score (nSPS) is 14.2. The van der Waals surface area contributed by atoms with Gasteiger partial charge in [0.25, 0.3) is 5.91 Å². The summed E-state index contributed by atoms with van der Waals surface area (Å²) in [5, 5.41) is 10.8. The fourth-order valence-electron chi connectivity index (χ4n) is 3.00. The van der Waals surface area contributed by atoms with Crippen molar-refractivity contribution in [2.24, 2.45) is 0 Å². The summed E-state index contributed by atoms with van der Waals surface area (Å²) in [4.78, 5) is 18.5. The molecule has 3 aromatic heterocycles. The summed E-state index contributed by atoms with van der Waals surface area (Å²) in [7, 11) is 0. The minimum absolute atomic E-state index is 0.185. The van der Waals surface area contributed by atoms with E-state index in [0.29, 0.717) is 11.4 Å². The molecule has 3 aromatic rings. The first-order valence-electron chi connectivity index (χ1n) is 8.15. The quantitative estimate of drug-likeness (QED) is 0.792. The van der Waals surface area contributed by atoms with Crippen LogP contribution in [-0.2, 0) is 0 Å². The van der Waals surface area contributed by atoms with Crippen molar-refractivity contribution in [3.8, 4) is 0 Å². The maximum atomic E-state index is 14.1. The number of aryl methyl sites for hydroxylation is 1. The summed E-state index contributed by atoms with van der Waals surface area (Å²) >= 11 is 0. The summed E-state index contributed by atoms with van der Waals surface area (Å²) in [5.41, 5.74) is 1.44. The van der Waals surface area contributed by atoms with Crippen molar-refractivity contribution in [1.29, 1.82) is 0 Å². The van der Waals surface area contributed by atoms with E-state index in [-0.39, 0.29) is 11.3 Å². The maximum Gasteiger partial charge on any atom is 0.276 e. The van der Waals surface area contributed by atoms with Gasteiger partial charge in [-0.1, -0.05) is 0 Å². The first kappa shape index (κ1) is 15.5. The number of pyridine rings is 1. The second-order valence-electron chi connectivity index (χ2n) is 6.11. The monoisotopic (exact) mass is 340 g/mol. The number of imidazole rings is 1. The highest BCUT2D eigenvalue weighted by Crippen LogP contribution is 2.18. The van der Waals surface area contributed by atoms with E-state index in [1.807, 2.05) is 0 Å². The van der Waals surface area contributed by atoms with E-state index in [1.165, 1.54) is 6.07 Å². The standard InChI is InChI=1S/C17H17FN6O/c1-11-9-24-10-12(8-13(18)16(24)19-11)20-17(25)14-4-5-15(22-21-14)23-6-2-3-7-23/h4-5,8-10H,2-3,6-7H2,1H3,(H,20,25). The van der Waals surface area contributed by atoms with Gasteiger partial charge in [0, 0.05) is 31.5 Å². The number of rotatable bonds is 3. The summed E-state index contributed by atoms with van der Waals surface area (Å²) in [6.45, 7) is 3.70. The minimum Gasteiger partial charge on any atom is -0.355 e. The van der Waals surface area contributed by atoms with E-state index < -0.39 is 11.7 Å². The molecule has 0 bridgehead atoms. The molecule has 0 atom stereocenters. The molecule has 0 unspecified atom stereocenters. The first-order valence-corrected chi connectivity index (χ1v) is 8.15. The van der Waals surface area contributed by atoms with Crippen LogP contribution >= 0.6 is 0 Å². The van der Waals surface area contributed by atoms with Gasteiger partial charge in [0.1, 0.15) is 0 Å². The average molecular weight is 340 g/mol. The molecule has 1 fully saturated rings. The number of aromatic nitrogens is 4. The molecule has 1 saturated heterocycles. The third-order valence-electron chi connectivity index (χ3n) is 4.20. The first-order chi connectivity index (χ1) is 12.1. The number of nitrogens with zero attached hydrogens (tertiary/aromatic N) is 5. The number of anilines is 2. The number of carbonyl (C=O) groups is 1. The van der Waals surface area contributed by atoms with Crippen molar-refractivity contribution in [3.63, 3.8) is 0 Å². The van der Waals surface area contributed by atoms with Crippen molar-refractivity contribution in [2.75, 3.05) is 23.3 Å². The Morgan fingerprint density at radius 1 is 1.20 bits per heavy atom. The van der Waals surface area contributed by atoms with E-state index >= 15 is 0 Å². The third-order valence-corrected chi connectivity index (χ3v) is 4.20. The van der Waals surface area contributed by atoms with Gasteiger partial charge in [-0.2, -0.15) is 0 Å². The molecule has 8 heteroatoms. The van der Waals surface area contributed by atoms with E-state index in [1.54, 1.807) is 35.9 Å². The van der Waals surface area contributed by atoms with Crippen LogP contribution in [0.2, 0.25) is 0 Å². The van der Waals surface area contributed by atoms with Gasteiger partial charge < -0.3 is 14.6 Å². The topological polar surface area (TPSA) is 75.4 Å². The zero-order valence-electron chi connectivity index (χ0n) is 13.7. The van der Waals surface area contributed by atoms with Crippen LogP contribution < -0.4 is 10.2 Å². The number of halogens is 1. The molecule has 1 aliphatic heterocycles. The molecule has 1 aliphatic rings. The number of carbonyl (C=O) groups excluding carboxylic acids is 1. The number of hydrogen-bond donors (Lipinski definition) is 1. The second-order valence-corrected chi connectivity index (χ2v) is 6.11. The predicted octanol–water partition coefficient (Wildman–Crippen LogP) is 2.42. The molecule has 7 nitrogen and oxygen atoms in total.